The molecule has 0 saturated carbocycles. The van der Waals surface area contributed by atoms with Crippen molar-refractivity contribution in [3.63, 3.8) is 0 Å². The first-order valence-corrected chi connectivity index (χ1v) is 12.8. The van der Waals surface area contributed by atoms with Crippen molar-refractivity contribution < 1.29 is 23.4 Å². The number of amides is 1. The van der Waals surface area contributed by atoms with Gasteiger partial charge < -0.3 is 14.7 Å². The van der Waals surface area contributed by atoms with Gasteiger partial charge in [0.05, 0.1) is 6.67 Å². The highest BCUT2D eigenvalue weighted by Gasteiger charge is 2.57. The van der Waals surface area contributed by atoms with Crippen LogP contribution in [0.25, 0.3) is 6.08 Å². The summed E-state index contributed by atoms with van der Waals surface area (Å²) in [4.78, 5) is 15.2. The van der Waals surface area contributed by atoms with Crippen molar-refractivity contribution in [2.24, 2.45) is 0 Å². The van der Waals surface area contributed by atoms with E-state index in [2.05, 4.69) is 0 Å². The molecule has 39 heavy (non-hydrogen) atoms. The molecule has 2 heterocycles. The lowest BCUT2D eigenvalue weighted by Crippen LogP contribution is -2.63. The number of halogens is 2. The zero-order valence-corrected chi connectivity index (χ0v) is 21.1. The maximum Gasteiger partial charge on any atom is 0.276 e. The van der Waals surface area contributed by atoms with Crippen LogP contribution in [0.3, 0.4) is 0 Å². The van der Waals surface area contributed by atoms with Gasteiger partial charge in [-0.15, -0.1) is 0 Å². The predicted molar refractivity (Wildman–Crippen MR) is 140 cm³/mol. The van der Waals surface area contributed by atoms with Crippen molar-refractivity contribution in [3.05, 3.63) is 135 Å². The number of likely N-dealkylation sites (N-methyl/N-ethyl adjacent to an activating group) is 1. The Balaban J connectivity index is 1.41. The van der Waals surface area contributed by atoms with Gasteiger partial charge in [0.15, 0.2) is 23.1 Å². The zero-order chi connectivity index (χ0) is 26.9. The molecule has 0 bridgehead atoms. The average Bonchev–Trinajstić information content (AvgIpc) is 3.44. The van der Waals surface area contributed by atoms with Crippen LogP contribution < -0.4 is 0 Å². The highest BCUT2D eigenvalue weighted by molar-refractivity contribution is 5.94. The number of aliphatic hydroxyl groups excluding tert-OH is 1. The Labute approximate surface area is 224 Å². The number of hydrazine groups is 1. The summed E-state index contributed by atoms with van der Waals surface area (Å²) in [6, 6.07) is 20.2. The first kappa shape index (κ1) is 23.8. The SMILES string of the molecule is CN1CN(C23C(=Cc4c2ccc(F)c4F)Cc2ccccc23)N2C=CC(O)C(OCc3ccccc3)=C2C1=O. The van der Waals surface area contributed by atoms with Crippen LogP contribution in [0.15, 0.2) is 96.0 Å². The number of nitrogens with zero attached hydrogens (tertiary/aromatic N) is 3. The number of carbonyl (C=O) groups excluding carboxylic acids is 1. The predicted octanol–water partition coefficient (Wildman–Crippen LogP) is 4.43. The molecule has 2 atom stereocenters. The van der Waals surface area contributed by atoms with E-state index in [1.807, 2.05) is 59.6 Å². The Kier molecular flexibility index (Phi) is 5.27. The minimum absolute atomic E-state index is 0.139. The molecule has 0 radical (unpaired) electrons. The number of carbonyl (C=O) groups is 1. The minimum Gasteiger partial charge on any atom is -0.488 e. The van der Waals surface area contributed by atoms with E-state index in [0.717, 1.165) is 28.3 Å². The summed E-state index contributed by atoms with van der Waals surface area (Å²) < 4.78 is 35.6. The van der Waals surface area contributed by atoms with Gasteiger partial charge in [-0.25, -0.2) is 8.78 Å². The van der Waals surface area contributed by atoms with Crippen molar-refractivity contribution >= 4 is 12.0 Å². The molecule has 6 nitrogen and oxygen atoms in total. The van der Waals surface area contributed by atoms with E-state index in [9.17, 15) is 14.3 Å². The van der Waals surface area contributed by atoms with E-state index in [1.54, 1.807) is 41.4 Å². The molecule has 1 N–H and O–H groups in total. The second kappa shape index (κ2) is 8.62. The molecule has 3 aromatic rings. The summed E-state index contributed by atoms with van der Waals surface area (Å²) in [5, 5.41) is 14.6. The van der Waals surface area contributed by atoms with Crippen molar-refractivity contribution in [1.29, 1.82) is 0 Å². The number of ether oxygens (including phenoxy) is 1. The lowest BCUT2D eigenvalue weighted by atomic mass is 9.83. The fraction of sp³-hybridized carbons (Fsp3) is 0.194. The number of aliphatic hydroxyl groups is 1. The Bertz CT molecular complexity index is 1620. The molecule has 1 fully saturated rings. The summed E-state index contributed by atoms with van der Waals surface area (Å²) in [6.45, 7) is 0.334. The molecule has 2 aliphatic heterocycles. The van der Waals surface area contributed by atoms with Gasteiger partial charge in [-0.05, 0) is 52.5 Å². The second-order valence-electron chi connectivity index (χ2n) is 10.2. The second-order valence-corrected chi connectivity index (χ2v) is 10.2. The molecule has 4 aliphatic rings. The van der Waals surface area contributed by atoms with E-state index in [4.69, 9.17) is 4.74 Å². The third-order valence-electron chi connectivity index (χ3n) is 8.01. The molecule has 2 unspecified atom stereocenters. The summed E-state index contributed by atoms with van der Waals surface area (Å²) >= 11 is 0. The van der Waals surface area contributed by atoms with Crippen LogP contribution in [0.2, 0.25) is 0 Å². The normalized spacial score (nSPS) is 23.4. The fourth-order valence-electron chi connectivity index (χ4n) is 6.30. The first-order valence-electron chi connectivity index (χ1n) is 12.8. The van der Waals surface area contributed by atoms with E-state index >= 15 is 4.39 Å². The van der Waals surface area contributed by atoms with Gasteiger partial charge in [0.1, 0.15) is 18.2 Å². The van der Waals surface area contributed by atoms with Crippen LogP contribution in [-0.4, -0.2) is 45.8 Å². The van der Waals surface area contributed by atoms with Gasteiger partial charge in [0, 0.05) is 18.8 Å². The summed E-state index contributed by atoms with van der Waals surface area (Å²) in [6.07, 6.45) is 4.39. The van der Waals surface area contributed by atoms with Gasteiger partial charge >= 0.3 is 0 Å². The summed E-state index contributed by atoms with van der Waals surface area (Å²) in [5.41, 5.74) is 3.81. The number of hydrogen-bond acceptors (Lipinski definition) is 5. The lowest BCUT2D eigenvalue weighted by Gasteiger charge is -2.53. The first-order chi connectivity index (χ1) is 18.9. The van der Waals surface area contributed by atoms with E-state index in [0.29, 0.717) is 12.0 Å². The maximum absolute atomic E-state index is 15.2. The Hall–Kier alpha value is -4.27. The van der Waals surface area contributed by atoms with Crippen molar-refractivity contribution in [1.82, 2.24) is 14.9 Å². The Morgan fingerprint density at radius 2 is 1.79 bits per heavy atom. The molecule has 0 spiro atoms. The summed E-state index contributed by atoms with van der Waals surface area (Å²) in [5.74, 6) is -1.97. The summed E-state index contributed by atoms with van der Waals surface area (Å²) in [7, 11) is 1.68. The number of benzene rings is 3. The van der Waals surface area contributed by atoms with Gasteiger partial charge in [0.2, 0.25) is 0 Å². The van der Waals surface area contributed by atoms with Crippen LogP contribution in [-0.2, 0) is 28.1 Å². The maximum atomic E-state index is 15.2. The molecule has 1 saturated heterocycles. The molecule has 0 aromatic heterocycles. The van der Waals surface area contributed by atoms with Gasteiger partial charge in [-0.1, -0.05) is 60.7 Å². The van der Waals surface area contributed by atoms with E-state index < -0.39 is 23.3 Å². The monoisotopic (exact) mass is 525 g/mol. The van der Waals surface area contributed by atoms with Crippen LogP contribution in [0.4, 0.5) is 8.78 Å². The average molecular weight is 526 g/mol. The minimum atomic E-state index is -1.12. The third kappa shape index (κ3) is 3.28. The van der Waals surface area contributed by atoms with Crippen LogP contribution in [0, 0.1) is 11.6 Å². The number of rotatable bonds is 4. The molecular formula is C31H25F2N3O3. The fourth-order valence-corrected chi connectivity index (χ4v) is 6.30. The third-order valence-corrected chi connectivity index (χ3v) is 8.01. The molecule has 8 heteroatoms. The zero-order valence-electron chi connectivity index (χ0n) is 21.1. The Morgan fingerprint density at radius 3 is 2.62 bits per heavy atom. The Morgan fingerprint density at radius 1 is 1.03 bits per heavy atom. The standard InChI is InChI=1S/C31H25F2N3O3/c1-34-18-36(35-14-13-26(37)29(28(35)30(34)38)39-17-19-7-3-2-4-8-19)31-21(15-20-9-5-6-10-23(20)31)16-22-24(31)11-12-25(32)27(22)33/h2-14,16,26,37H,15,17-18H2,1H3. The van der Waals surface area contributed by atoms with Crippen LogP contribution in [0.1, 0.15) is 27.8 Å². The molecule has 7 rings (SSSR count). The largest absolute Gasteiger partial charge is 0.488 e. The highest BCUT2D eigenvalue weighted by Crippen LogP contribution is 2.57. The van der Waals surface area contributed by atoms with Crippen molar-refractivity contribution in [3.8, 4) is 0 Å². The van der Waals surface area contributed by atoms with Crippen molar-refractivity contribution in [2.45, 2.75) is 24.7 Å². The smallest absolute Gasteiger partial charge is 0.276 e. The quantitative estimate of drug-likeness (QED) is 0.547. The molecular weight excluding hydrogens is 500 g/mol. The van der Waals surface area contributed by atoms with Crippen molar-refractivity contribution in [2.75, 3.05) is 13.7 Å². The van der Waals surface area contributed by atoms with Gasteiger partial charge in [0.25, 0.3) is 5.91 Å². The van der Waals surface area contributed by atoms with Gasteiger partial charge in [-0.2, -0.15) is 5.01 Å². The van der Waals surface area contributed by atoms with E-state index in [-0.39, 0.29) is 36.2 Å². The molecule has 3 aromatic carbocycles. The van der Waals surface area contributed by atoms with Crippen LogP contribution in [0.5, 0.6) is 0 Å². The number of fused-ring (bicyclic) bond motifs is 6. The van der Waals surface area contributed by atoms with Gasteiger partial charge in [-0.3, -0.25) is 9.80 Å². The molecule has 1 amide bonds. The highest BCUT2D eigenvalue weighted by atomic mass is 19.2. The topological polar surface area (TPSA) is 56.3 Å². The molecule has 196 valence electrons. The van der Waals surface area contributed by atoms with Crippen LogP contribution >= 0.6 is 0 Å². The molecule has 2 aliphatic carbocycles. The lowest BCUT2D eigenvalue weighted by molar-refractivity contribution is -0.153. The number of hydrogen-bond donors (Lipinski definition) is 1. The van der Waals surface area contributed by atoms with E-state index in [1.165, 1.54) is 0 Å².